The summed E-state index contributed by atoms with van der Waals surface area (Å²) >= 11 is 0. The van der Waals surface area contributed by atoms with Crippen LogP contribution in [0.5, 0.6) is 0 Å². The quantitative estimate of drug-likeness (QED) is 0.116. The first-order chi connectivity index (χ1) is 27.3. The minimum absolute atomic E-state index is 0. The van der Waals surface area contributed by atoms with E-state index in [9.17, 15) is 59.4 Å². The molecule has 13 nitrogen and oxygen atoms in total. The Balaban J connectivity index is 0.000000439. The fourth-order valence-electron chi connectivity index (χ4n) is 6.29. The van der Waals surface area contributed by atoms with Crippen LogP contribution < -0.4 is 30.6 Å². The van der Waals surface area contributed by atoms with Gasteiger partial charge in [0.25, 0.3) is 0 Å². The van der Waals surface area contributed by atoms with Crippen LogP contribution in [0, 0.1) is 71.2 Å². The van der Waals surface area contributed by atoms with Gasteiger partial charge in [0.15, 0.2) is 0 Å². The van der Waals surface area contributed by atoms with Crippen molar-refractivity contribution in [3.63, 3.8) is 0 Å². The molecule has 6 aromatic rings. The summed E-state index contributed by atoms with van der Waals surface area (Å²) in [7, 11) is 0. The largest absolute Gasteiger partial charge is 3.00 e. The number of carbonyl (C=O) groups excluding carboxylic acids is 6. The van der Waals surface area contributed by atoms with E-state index in [0.717, 1.165) is 0 Å². The minimum atomic E-state index is -2.30. The Kier molecular flexibility index (Phi) is 20.9. The second kappa shape index (κ2) is 23.9. The van der Waals surface area contributed by atoms with Gasteiger partial charge in [-0.05, 0) is 33.4 Å². The van der Waals surface area contributed by atoms with Gasteiger partial charge in [-0.3, -0.25) is 0 Å². The molecule has 0 atom stereocenters. The zero-order valence-corrected chi connectivity index (χ0v) is 38.6. The monoisotopic (exact) mass is 1060 g/mol. The van der Waals surface area contributed by atoms with Crippen LogP contribution in [0.3, 0.4) is 0 Å². The summed E-state index contributed by atoms with van der Waals surface area (Å²) in [5, 5.41) is 69.2. The molecule has 2 N–H and O–H groups in total. The van der Waals surface area contributed by atoms with Gasteiger partial charge in [-0.15, -0.1) is 0 Å². The van der Waals surface area contributed by atoms with Crippen LogP contribution in [0.25, 0.3) is 0 Å². The van der Waals surface area contributed by atoms with Crippen LogP contribution in [0.4, 0.5) is 0 Å². The van der Waals surface area contributed by atoms with Crippen molar-refractivity contribution >= 4 is 35.8 Å². The molecule has 0 aliphatic rings. The average molecular weight is 1060 g/mol. The predicted molar refractivity (Wildman–Crippen MR) is 195 cm³/mol. The van der Waals surface area contributed by atoms with Crippen LogP contribution in [-0.2, 0) is 45.0 Å². The summed E-state index contributed by atoms with van der Waals surface area (Å²) in [6, 6.07) is 46.0. The van der Waals surface area contributed by atoms with Crippen molar-refractivity contribution in [3.8, 4) is 0 Å². The Morgan fingerprint density at radius 3 is 0.433 bits per heavy atom. The molecule has 0 amide bonds. The molecule has 0 fully saturated rings. The zero-order valence-electron chi connectivity index (χ0n) is 31.4. The fourth-order valence-corrected chi connectivity index (χ4v) is 6.29. The number of hydrogen-bond acceptors (Lipinski definition) is 12. The maximum atomic E-state index is 11.5. The summed E-state index contributed by atoms with van der Waals surface area (Å²) in [4.78, 5) is 69.2. The predicted octanol–water partition coefficient (Wildman–Crippen LogP) is -2.41. The first-order valence-corrected chi connectivity index (χ1v) is 16.9. The molecule has 0 spiro atoms. The van der Waals surface area contributed by atoms with E-state index in [1.807, 2.05) is 0 Å². The summed E-state index contributed by atoms with van der Waals surface area (Å²) in [5.41, 5.74) is -6.32. The van der Waals surface area contributed by atoms with Crippen molar-refractivity contribution in [3.05, 3.63) is 215 Å². The molecule has 0 aliphatic carbocycles. The van der Waals surface area contributed by atoms with Crippen LogP contribution in [0.15, 0.2) is 182 Å². The van der Waals surface area contributed by atoms with Crippen molar-refractivity contribution in [2.75, 3.05) is 0 Å². The molecule has 6 rings (SSSR count). The number of carbonyl (C=O) groups is 6. The number of rotatable bonds is 12. The van der Waals surface area contributed by atoms with E-state index < -0.39 is 52.1 Å². The molecule has 0 radical (unpaired) electrons. The topological polar surface area (TPSA) is 272 Å². The fraction of sp³-hybridized carbons (Fsp3) is 0.0667. The van der Waals surface area contributed by atoms with E-state index in [2.05, 4.69) is 0 Å². The van der Waals surface area contributed by atoms with Crippen molar-refractivity contribution in [2.24, 2.45) is 0 Å². The Morgan fingerprint density at radius 1 is 0.250 bits per heavy atom. The van der Waals surface area contributed by atoms with E-state index in [4.69, 9.17) is 0 Å². The maximum absolute atomic E-state index is 11.5. The van der Waals surface area contributed by atoms with E-state index >= 15 is 0 Å². The van der Waals surface area contributed by atoms with E-state index in [1.165, 1.54) is 72.8 Å². The number of carboxylic acids is 6. The number of carboxylic acid groups (broad SMARTS) is 6. The molecule has 0 bridgehead atoms. The van der Waals surface area contributed by atoms with E-state index in [0.29, 0.717) is 0 Å². The molecule has 60 heavy (non-hydrogen) atoms. The molecule has 0 unspecified atom stereocenters. The number of aliphatic carboxylic acids is 6. The van der Waals surface area contributed by atoms with Crippen LogP contribution in [0.2, 0.25) is 0 Å². The van der Waals surface area contributed by atoms with Crippen LogP contribution >= 0.6 is 0 Å². The third-order valence-corrected chi connectivity index (χ3v) is 9.08. The average Bonchev–Trinajstić information content (AvgIpc) is 3.21. The smallest absolute Gasteiger partial charge is 0.548 e. The molecule has 0 aromatic heterocycles. The van der Waals surface area contributed by atoms with Crippen molar-refractivity contribution in [2.45, 2.75) is 16.2 Å². The van der Waals surface area contributed by atoms with Gasteiger partial charge in [-0.25, -0.2) is 0 Å². The molecule has 0 aliphatic heterocycles. The van der Waals surface area contributed by atoms with Crippen LogP contribution in [-0.4, -0.2) is 41.3 Å². The van der Waals surface area contributed by atoms with E-state index in [1.54, 1.807) is 109 Å². The Bertz CT molecular complexity index is 1880. The first kappa shape index (κ1) is 52.5. The maximum Gasteiger partial charge on any atom is 3.00 e. The minimum Gasteiger partial charge on any atom is -0.548 e. The molecule has 6 aromatic carbocycles. The van der Waals surface area contributed by atoms with Crippen molar-refractivity contribution in [1.82, 2.24) is 0 Å². The van der Waals surface area contributed by atoms with Gasteiger partial charge in [-0.1, -0.05) is 182 Å². The molecule has 296 valence electrons. The summed E-state index contributed by atoms with van der Waals surface area (Å²) in [6.45, 7) is 0. The molecular weight excluding hydrogens is 1030 g/mol. The standard InChI is InChI=1S/3C15H12O4.2La.H2O/c3*16-13(17)15(14(18)19,11-7-3-1-4-8-11)12-9-5-2-6-10-12;;;/h3*1-10H,(H,16,17)(H,18,19);;;1H2/q;;;2*+3;/p-6. The van der Waals surface area contributed by atoms with Gasteiger partial charge in [-0.2, -0.15) is 0 Å². The Labute approximate surface area is 399 Å². The molecule has 0 heterocycles. The summed E-state index contributed by atoms with van der Waals surface area (Å²) in [6.07, 6.45) is 0. The van der Waals surface area contributed by atoms with Gasteiger partial charge in [0.2, 0.25) is 0 Å². The van der Waals surface area contributed by atoms with Crippen LogP contribution in [0.1, 0.15) is 33.4 Å². The SMILES string of the molecule is O.O=C([O-])C(C(=O)[O-])(c1ccccc1)c1ccccc1.O=C([O-])C(C(=O)[O-])(c1ccccc1)c1ccccc1.O=C([O-])C(C(=O)[O-])(c1ccccc1)c1ccccc1.[La+3].[La+3]. The third-order valence-electron chi connectivity index (χ3n) is 9.08. The van der Waals surface area contributed by atoms with Gasteiger partial charge < -0.3 is 64.9 Å². The summed E-state index contributed by atoms with van der Waals surface area (Å²) in [5.74, 6) is -10.3. The second-order valence-electron chi connectivity index (χ2n) is 12.2. The Hall–Kier alpha value is -5.51. The van der Waals surface area contributed by atoms with Gasteiger partial charge in [0, 0.05) is 0 Å². The second-order valence-corrected chi connectivity index (χ2v) is 12.2. The van der Waals surface area contributed by atoms with Gasteiger partial charge in [0.1, 0.15) is 0 Å². The molecule has 15 heteroatoms. The summed E-state index contributed by atoms with van der Waals surface area (Å²) < 4.78 is 0. The Morgan fingerprint density at radius 2 is 0.350 bits per heavy atom. The van der Waals surface area contributed by atoms with Crippen molar-refractivity contribution < 1.29 is 136 Å². The third kappa shape index (κ3) is 10.6. The van der Waals surface area contributed by atoms with E-state index in [-0.39, 0.29) is 110 Å². The number of benzene rings is 6. The molecule has 0 saturated carbocycles. The molecule has 0 saturated heterocycles. The normalized spacial score (nSPS) is 10.4. The molecular formula is C45H32La2O13. The van der Waals surface area contributed by atoms with Crippen molar-refractivity contribution in [1.29, 1.82) is 0 Å². The van der Waals surface area contributed by atoms with Gasteiger partial charge >= 0.3 is 71.2 Å². The first-order valence-electron chi connectivity index (χ1n) is 16.9. The number of hydrogen-bond donors (Lipinski definition) is 0. The van der Waals surface area contributed by atoms with Gasteiger partial charge in [0.05, 0.1) is 52.1 Å². The zero-order chi connectivity index (χ0) is 41.6.